The minimum atomic E-state index is -4.85. The van der Waals surface area contributed by atoms with E-state index in [-0.39, 0.29) is 41.2 Å². The number of sulfonamides is 1. The van der Waals surface area contributed by atoms with E-state index < -0.39 is 22.1 Å². The van der Waals surface area contributed by atoms with Crippen LogP contribution in [0.2, 0.25) is 5.02 Å². The summed E-state index contributed by atoms with van der Waals surface area (Å²) in [5.41, 5.74) is 1.13. The zero-order chi connectivity index (χ0) is 25.4. The zero-order valence-electron chi connectivity index (χ0n) is 17.8. The number of ether oxygens (including phenoxy) is 2. The predicted octanol–water partition coefficient (Wildman–Crippen LogP) is 5.20. The lowest BCUT2D eigenvalue weighted by Gasteiger charge is -2.19. The monoisotopic (exact) mass is 526 g/mol. The Balaban J connectivity index is 1.58. The lowest BCUT2D eigenvalue weighted by molar-refractivity contribution is -0.274. The van der Waals surface area contributed by atoms with E-state index in [0.29, 0.717) is 16.3 Å². The third-order valence-corrected chi connectivity index (χ3v) is 6.45. The molecule has 7 nitrogen and oxygen atoms in total. The van der Waals surface area contributed by atoms with Gasteiger partial charge in [0.25, 0.3) is 0 Å². The number of nitrogens with zero attached hydrogens (tertiary/aromatic N) is 1. The number of benzene rings is 3. The summed E-state index contributed by atoms with van der Waals surface area (Å²) in [7, 11) is -3.87. The Hall–Kier alpha value is -3.28. The van der Waals surface area contributed by atoms with Crippen LogP contribution in [0.4, 0.5) is 18.9 Å². The second-order valence-corrected chi connectivity index (χ2v) is 9.75. The number of alkyl halides is 3. The molecule has 1 amide bonds. The SMILES string of the molecule is NS(=O)(=O)c1ccc(N2C[C@@H](c3ccc(Cl)cc3Oc3cccc(OC(F)(F)F)c3)CC2=O)cc1. The molecule has 35 heavy (non-hydrogen) atoms. The topological polar surface area (TPSA) is 98.9 Å². The molecule has 3 aromatic rings. The van der Waals surface area contributed by atoms with Crippen LogP contribution in [0.25, 0.3) is 0 Å². The Kier molecular flexibility index (Phi) is 6.67. The van der Waals surface area contributed by atoms with Gasteiger partial charge >= 0.3 is 6.36 Å². The van der Waals surface area contributed by atoms with E-state index in [1.807, 2.05) is 0 Å². The van der Waals surface area contributed by atoms with Crippen molar-refractivity contribution in [2.75, 3.05) is 11.4 Å². The zero-order valence-corrected chi connectivity index (χ0v) is 19.4. The van der Waals surface area contributed by atoms with Gasteiger partial charge in [0.2, 0.25) is 15.9 Å². The maximum absolute atomic E-state index is 12.7. The fourth-order valence-corrected chi connectivity index (χ4v) is 4.45. The second-order valence-electron chi connectivity index (χ2n) is 7.75. The van der Waals surface area contributed by atoms with Gasteiger partial charge < -0.3 is 14.4 Å². The molecule has 0 radical (unpaired) electrons. The van der Waals surface area contributed by atoms with Crippen molar-refractivity contribution in [2.45, 2.75) is 23.6 Å². The highest BCUT2D eigenvalue weighted by molar-refractivity contribution is 7.89. The average molecular weight is 527 g/mol. The first-order chi connectivity index (χ1) is 16.4. The molecular formula is C23H18ClF3N2O5S. The van der Waals surface area contributed by atoms with Gasteiger partial charge in [-0.05, 0) is 48.5 Å². The summed E-state index contributed by atoms with van der Waals surface area (Å²) in [6.07, 6.45) is -4.72. The summed E-state index contributed by atoms with van der Waals surface area (Å²) in [5, 5.41) is 5.46. The van der Waals surface area contributed by atoms with E-state index in [2.05, 4.69) is 4.74 Å². The average Bonchev–Trinajstić information content (AvgIpc) is 3.13. The van der Waals surface area contributed by atoms with Crippen molar-refractivity contribution in [3.05, 3.63) is 77.3 Å². The van der Waals surface area contributed by atoms with Crippen LogP contribution in [0.15, 0.2) is 71.6 Å². The van der Waals surface area contributed by atoms with Gasteiger partial charge in [-0.15, -0.1) is 13.2 Å². The molecule has 0 aromatic heterocycles. The van der Waals surface area contributed by atoms with Gasteiger partial charge in [0, 0.05) is 41.2 Å². The van der Waals surface area contributed by atoms with Crippen molar-refractivity contribution in [3.63, 3.8) is 0 Å². The summed E-state index contributed by atoms with van der Waals surface area (Å²) in [5.74, 6) is -0.577. The number of hydrogen-bond donors (Lipinski definition) is 1. The van der Waals surface area contributed by atoms with Crippen molar-refractivity contribution in [1.82, 2.24) is 0 Å². The van der Waals surface area contributed by atoms with E-state index in [1.54, 1.807) is 12.1 Å². The van der Waals surface area contributed by atoms with Crippen molar-refractivity contribution in [3.8, 4) is 17.2 Å². The normalized spacial score (nSPS) is 16.4. The number of primary sulfonamides is 1. The van der Waals surface area contributed by atoms with Crippen molar-refractivity contribution < 1.29 is 35.9 Å². The minimum Gasteiger partial charge on any atom is -0.457 e. The number of carbonyl (C=O) groups is 1. The number of nitrogens with two attached hydrogens (primary N) is 1. The molecule has 0 unspecified atom stereocenters. The van der Waals surface area contributed by atoms with Crippen molar-refractivity contribution >= 4 is 33.2 Å². The molecule has 184 valence electrons. The standard InChI is InChI=1S/C23H18ClF3N2O5S/c24-15-4-9-20(21(11-15)33-17-2-1-3-18(12-17)34-23(25,26)27)14-10-22(30)29(13-14)16-5-7-19(8-6-16)35(28,31)32/h1-9,11-12,14H,10,13H2,(H2,28,31,32)/t14-/m0/s1. The first-order valence-electron chi connectivity index (χ1n) is 10.2. The fraction of sp³-hybridized carbons (Fsp3) is 0.174. The summed E-state index contributed by atoms with van der Waals surface area (Å²) >= 11 is 6.12. The molecule has 1 fully saturated rings. The summed E-state index contributed by atoms with van der Waals surface area (Å²) in [6, 6.07) is 15.5. The van der Waals surface area contributed by atoms with Gasteiger partial charge in [0.15, 0.2) is 0 Å². The van der Waals surface area contributed by atoms with Crippen LogP contribution >= 0.6 is 11.6 Å². The van der Waals surface area contributed by atoms with E-state index in [1.165, 1.54) is 47.4 Å². The highest BCUT2D eigenvalue weighted by Crippen LogP contribution is 2.40. The lowest BCUT2D eigenvalue weighted by Crippen LogP contribution is -2.24. The molecule has 0 saturated carbocycles. The summed E-state index contributed by atoms with van der Waals surface area (Å²) in [6.45, 7) is 0.267. The predicted molar refractivity (Wildman–Crippen MR) is 122 cm³/mol. The van der Waals surface area contributed by atoms with Crippen LogP contribution in [-0.2, 0) is 14.8 Å². The number of amides is 1. The smallest absolute Gasteiger partial charge is 0.457 e. The molecule has 2 N–H and O–H groups in total. The Morgan fingerprint density at radius 1 is 1.00 bits per heavy atom. The largest absolute Gasteiger partial charge is 0.573 e. The van der Waals surface area contributed by atoms with E-state index in [0.717, 1.165) is 12.1 Å². The maximum atomic E-state index is 12.7. The summed E-state index contributed by atoms with van der Waals surface area (Å²) < 4.78 is 70.4. The molecule has 1 aliphatic rings. The Morgan fingerprint density at radius 3 is 2.34 bits per heavy atom. The van der Waals surface area contributed by atoms with Crippen LogP contribution in [0.3, 0.4) is 0 Å². The second kappa shape index (κ2) is 9.40. The van der Waals surface area contributed by atoms with Crippen LogP contribution in [0.5, 0.6) is 17.2 Å². The summed E-state index contributed by atoms with van der Waals surface area (Å²) in [4.78, 5) is 14.2. The Morgan fingerprint density at radius 2 is 1.69 bits per heavy atom. The molecule has 0 aliphatic carbocycles. The quantitative estimate of drug-likeness (QED) is 0.476. The number of carbonyl (C=O) groups excluding carboxylic acids is 1. The molecule has 0 spiro atoms. The van der Waals surface area contributed by atoms with Gasteiger partial charge in [-0.1, -0.05) is 23.7 Å². The Bertz CT molecular complexity index is 1360. The number of hydrogen-bond acceptors (Lipinski definition) is 5. The highest BCUT2D eigenvalue weighted by atomic mass is 35.5. The van der Waals surface area contributed by atoms with Crippen molar-refractivity contribution in [2.24, 2.45) is 5.14 Å². The molecular weight excluding hydrogens is 509 g/mol. The first-order valence-corrected chi connectivity index (χ1v) is 12.1. The first kappa shape index (κ1) is 24.8. The molecule has 1 aliphatic heterocycles. The lowest BCUT2D eigenvalue weighted by atomic mass is 9.97. The third-order valence-electron chi connectivity index (χ3n) is 5.28. The molecule has 0 bridgehead atoms. The number of rotatable bonds is 6. The minimum absolute atomic E-state index is 0.0745. The molecule has 3 aromatic carbocycles. The van der Waals surface area contributed by atoms with Gasteiger partial charge in [-0.3, -0.25) is 4.79 Å². The van der Waals surface area contributed by atoms with E-state index in [9.17, 15) is 26.4 Å². The van der Waals surface area contributed by atoms with Crippen molar-refractivity contribution in [1.29, 1.82) is 0 Å². The third kappa shape index (κ3) is 6.05. The van der Waals surface area contributed by atoms with Crippen LogP contribution in [0.1, 0.15) is 17.9 Å². The maximum Gasteiger partial charge on any atom is 0.573 e. The Labute approximate surface area is 203 Å². The fourth-order valence-electron chi connectivity index (χ4n) is 3.78. The number of halogens is 4. The van der Waals surface area contributed by atoms with Gasteiger partial charge in [0.05, 0.1) is 4.90 Å². The van der Waals surface area contributed by atoms with E-state index >= 15 is 0 Å². The molecule has 1 atom stereocenters. The molecule has 4 rings (SSSR count). The highest BCUT2D eigenvalue weighted by Gasteiger charge is 2.34. The van der Waals surface area contributed by atoms with Crippen LogP contribution in [0, 0.1) is 0 Å². The van der Waals surface area contributed by atoms with Gasteiger partial charge in [-0.2, -0.15) is 0 Å². The van der Waals surface area contributed by atoms with Gasteiger partial charge in [0.1, 0.15) is 17.2 Å². The van der Waals surface area contributed by atoms with E-state index in [4.69, 9.17) is 21.5 Å². The molecule has 12 heteroatoms. The number of anilines is 1. The molecule has 1 saturated heterocycles. The van der Waals surface area contributed by atoms with Gasteiger partial charge in [-0.25, -0.2) is 13.6 Å². The van der Waals surface area contributed by atoms with Crippen LogP contribution < -0.4 is 19.5 Å². The molecule has 1 heterocycles. The van der Waals surface area contributed by atoms with Crippen LogP contribution in [-0.4, -0.2) is 27.2 Å².